The van der Waals surface area contributed by atoms with E-state index in [0.29, 0.717) is 16.3 Å². The fraction of sp³-hybridized carbons (Fsp3) is 0.333. The number of aromatic nitrogens is 2. The summed E-state index contributed by atoms with van der Waals surface area (Å²) in [6.07, 6.45) is -4.02. The average Bonchev–Trinajstić information content (AvgIpc) is 2.50. The highest BCUT2D eigenvalue weighted by Crippen LogP contribution is 2.25. The number of alkyl halides is 4. The Kier molecular flexibility index (Phi) is 5.30. The summed E-state index contributed by atoms with van der Waals surface area (Å²) in [6, 6.07) is 8.57. The van der Waals surface area contributed by atoms with Crippen LogP contribution in [0.2, 0.25) is 0 Å². The lowest BCUT2D eigenvalue weighted by molar-refractivity contribution is -0.139. The van der Waals surface area contributed by atoms with Crippen molar-refractivity contribution < 1.29 is 13.2 Å². The van der Waals surface area contributed by atoms with Gasteiger partial charge < -0.3 is 0 Å². The van der Waals surface area contributed by atoms with Crippen LogP contribution in [0.1, 0.15) is 17.5 Å². The number of rotatable bonds is 5. The SMILES string of the molecule is O=c1c(C(F)(F)F)cn(Cc2ccccc2)c(=O)n1CCCCl. The van der Waals surface area contributed by atoms with Crippen molar-refractivity contribution in [1.29, 1.82) is 0 Å². The Hall–Kier alpha value is -2.02. The predicted octanol–water partition coefficient (Wildman–Crippen LogP) is 2.71. The average molecular weight is 347 g/mol. The molecule has 4 nitrogen and oxygen atoms in total. The lowest BCUT2D eigenvalue weighted by atomic mass is 10.2. The lowest BCUT2D eigenvalue weighted by Gasteiger charge is -2.14. The lowest BCUT2D eigenvalue weighted by Crippen LogP contribution is -2.43. The van der Waals surface area contributed by atoms with E-state index in [4.69, 9.17) is 11.6 Å². The third kappa shape index (κ3) is 4.04. The Morgan fingerprint density at radius 3 is 2.30 bits per heavy atom. The first kappa shape index (κ1) is 17.3. The molecule has 23 heavy (non-hydrogen) atoms. The van der Waals surface area contributed by atoms with Crippen LogP contribution < -0.4 is 11.2 Å². The van der Waals surface area contributed by atoms with E-state index in [1.54, 1.807) is 30.3 Å². The number of hydrogen-bond acceptors (Lipinski definition) is 2. The molecular formula is C15H14ClF3N2O2. The topological polar surface area (TPSA) is 44.0 Å². The Morgan fingerprint density at radius 1 is 1.09 bits per heavy atom. The summed E-state index contributed by atoms with van der Waals surface area (Å²) in [7, 11) is 0. The molecule has 0 radical (unpaired) electrons. The molecule has 0 saturated carbocycles. The molecular weight excluding hydrogens is 333 g/mol. The zero-order valence-electron chi connectivity index (χ0n) is 12.0. The maximum Gasteiger partial charge on any atom is 0.423 e. The van der Waals surface area contributed by atoms with Gasteiger partial charge in [-0.3, -0.25) is 13.9 Å². The molecule has 0 aliphatic heterocycles. The fourth-order valence-electron chi connectivity index (χ4n) is 2.16. The zero-order chi connectivity index (χ0) is 17.0. The second-order valence-electron chi connectivity index (χ2n) is 4.94. The summed E-state index contributed by atoms with van der Waals surface area (Å²) >= 11 is 5.51. The maximum atomic E-state index is 13.0. The van der Waals surface area contributed by atoms with Crippen LogP contribution in [0.3, 0.4) is 0 Å². The molecule has 0 spiro atoms. The van der Waals surface area contributed by atoms with Crippen LogP contribution in [-0.4, -0.2) is 15.0 Å². The molecule has 0 amide bonds. The van der Waals surface area contributed by atoms with E-state index < -0.39 is 23.0 Å². The van der Waals surface area contributed by atoms with Crippen molar-refractivity contribution >= 4 is 11.6 Å². The molecule has 0 aliphatic rings. The monoisotopic (exact) mass is 346 g/mol. The van der Waals surface area contributed by atoms with Gasteiger partial charge in [0.1, 0.15) is 5.56 Å². The molecule has 0 aliphatic carbocycles. The van der Waals surface area contributed by atoms with Gasteiger partial charge in [0.25, 0.3) is 5.56 Å². The van der Waals surface area contributed by atoms with Gasteiger partial charge in [0.15, 0.2) is 0 Å². The Morgan fingerprint density at radius 2 is 1.74 bits per heavy atom. The first-order chi connectivity index (χ1) is 10.8. The van der Waals surface area contributed by atoms with Gasteiger partial charge in [0.05, 0.1) is 6.54 Å². The number of halogens is 4. The Labute approximate surface area is 134 Å². The van der Waals surface area contributed by atoms with Crippen molar-refractivity contribution in [1.82, 2.24) is 9.13 Å². The number of nitrogens with zero attached hydrogens (tertiary/aromatic N) is 2. The quantitative estimate of drug-likeness (QED) is 0.781. The highest BCUT2D eigenvalue weighted by Gasteiger charge is 2.36. The van der Waals surface area contributed by atoms with E-state index in [0.717, 1.165) is 4.57 Å². The van der Waals surface area contributed by atoms with Crippen molar-refractivity contribution in [2.75, 3.05) is 5.88 Å². The normalized spacial score (nSPS) is 11.7. The van der Waals surface area contributed by atoms with E-state index in [2.05, 4.69) is 0 Å². The molecule has 2 rings (SSSR count). The molecule has 1 aromatic heterocycles. The number of benzene rings is 1. The van der Waals surface area contributed by atoms with Gasteiger partial charge in [-0.25, -0.2) is 4.79 Å². The Bertz CT molecular complexity index is 782. The highest BCUT2D eigenvalue weighted by molar-refractivity contribution is 6.17. The zero-order valence-corrected chi connectivity index (χ0v) is 12.8. The van der Waals surface area contributed by atoms with E-state index in [-0.39, 0.29) is 25.4 Å². The molecule has 124 valence electrons. The van der Waals surface area contributed by atoms with Gasteiger partial charge in [0.2, 0.25) is 0 Å². The van der Waals surface area contributed by atoms with Crippen LogP contribution in [0.25, 0.3) is 0 Å². The largest absolute Gasteiger partial charge is 0.423 e. The number of hydrogen-bond donors (Lipinski definition) is 0. The molecule has 0 bridgehead atoms. The highest BCUT2D eigenvalue weighted by atomic mass is 35.5. The summed E-state index contributed by atoms with van der Waals surface area (Å²) in [5.74, 6) is 0.140. The van der Waals surface area contributed by atoms with Crippen LogP contribution in [0.5, 0.6) is 0 Å². The minimum absolute atomic E-state index is 0.0517. The van der Waals surface area contributed by atoms with E-state index in [1.165, 1.54) is 0 Å². The second kappa shape index (κ2) is 7.04. The van der Waals surface area contributed by atoms with Gasteiger partial charge >= 0.3 is 11.9 Å². The predicted molar refractivity (Wildman–Crippen MR) is 80.8 cm³/mol. The van der Waals surface area contributed by atoms with Crippen LogP contribution in [-0.2, 0) is 19.3 Å². The third-order valence-electron chi connectivity index (χ3n) is 3.25. The molecule has 8 heteroatoms. The van der Waals surface area contributed by atoms with Gasteiger partial charge in [0, 0.05) is 18.6 Å². The Balaban J connectivity index is 2.57. The molecule has 2 aromatic rings. The smallest absolute Gasteiger partial charge is 0.295 e. The van der Waals surface area contributed by atoms with Crippen molar-refractivity contribution in [2.45, 2.75) is 25.7 Å². The molecule has 0 saturated heterocycles. The van der Waals surface area contributed by atoms with Crippen molar-refractivity contribution in [3.05, 3.63) is 68.5 Å². The summed E-state index contributed by atoms with van der Waals surface area (Å²) in [4.78, 5) is 24.2. The minimum atomic E-state index is -4.83. The van der Waals surface area contributed by atoms with Crippen molar-refractivity contribution in [3.8, 4) is 0 Å². The summed E-state index contributed by atoms with van der Waals surface area (Å²) in [5, 5.41) is 0. The third-order valence-corrected chi connectivity index (χ3v) is 3.52. The van der Waals surface area contributed by atoms with E-state index in [9.17, 15) is 22.8 Å². The molecule has 0 unspecified atom stereocenters. The summed E-state index contributed by atoms with van der Waals surface area (Å²) in [6.45, 7) is -0.205. The minimum Gasteiger partial charge on any atom is -0.295 e. The summed E-state index contributed by atoms with van der Waals surface area (Å²) < 4.78 is 40.6. The second-order valence-corrected chi connectivity index (χ2v) is 5.31. The first-order valence-electron chi connectivity index (χ1n) is 6.86. The van der Waals surface area contributed by atoms with Crippen molar-refractivity contribution in [2.24, 2.45) is 0 Å². The van der Waals surface area contributed by atoms with Gasteiger partial charge in [-0.2, -0.15) is 13.2 Å². The van der Waals surface area contributed by atoms with E-state index >= 15 is 0 Å². The maximum absolute atomic E-state index is 13.0. The van der Waals surface area contributed by atoms with Crippen LogP contribution in [0, 0.1) is 0 Å². The molecule has 1 aromatic carbocycles. The molecule has 1 heterocycles. The van der Waals surface area contributed by atoms with E-state index in [1.807, 2.05) is 0 Å². The van der Waals surface area contributed by atoms with Crippen LogP contribution in [0.15, 0.2) is 46.1 Å². The van der Waals surface area contributed by atoms with Gasteiger partial charge in [-0.15, -0.1) is 11.6 Å². The molecule has 0 N–H and O–H groups in total. The first-order valence-corrected chi connectivity index (χ1v) is 7.39. The van der Waals surface area contributed by atoms with Crippen LogP contribution >= 0.6 is 11.6 Å². The molecule has 0 fully saturated rings. The van der Waals surface area contributed by atoms with Crippen molar-refractivity contribution in [3.63, 3.8) is 0 Å². The fourth-order valence-corrected chi connectivity index (χ4v) is 2.28. The molecule has 0 atom stereocenters. The van der Waals surface area contributed by atoms with Gasteiger partial charge in [-0.05, 0) is 12.0 Å². The standard InChI is InChI=1S/C15H14ClF3N2O2/c16-7-4-8-21-13(22)12(15(17,18)19)10-20(14(21)23)9-11-5-2-1-3-6-11/h1-3,5-6,10H,4,7-9H2. The van der Waals surface area contributed by atoms with Crippen LogP contribution in [0.4, 0.5) is 13.2 Å². The summed E-state index contributed by atoms with van der Waals surface area (Å²) in [5.41, 5.74) is -2.82. The van der Waals surface area contributed by atoms with Gasteiger partial charge in [-0.1, -0.05) is 30.3 Å².